The van der Waals surface area contributed by atoms with Crippen LogP contribution in [0.25, 0.3) is 5.70 Å². The highest BCUT2D eigenvalue weighted by Gasteiger charge is 2.32. The van der Waals surface area contributed by atoms with Crippen molar-refractivity contribution in [2.45, 2.75) is 26.2 Å². The normalized spacial score (nSPS) is 17.3. The molecule has 5 nitrogen and oxygen atoms in total. The summed E-state index contributed by atoms with van der Waals surface area (Å²) >= 11 is 0. The maximum absolute atomic E-state index is 13.6. The Kier molecular flexibility index (Phi) is 3.72. The predicted molar refractivity (Wildman–Crippen MR) is 103 cm³/mol. The van der Waals surface area contributed by atoms with Gasteiger partial charge in [0.25, 0.3) is 12.3 Å². The number of carbonyl (C=O) groups is 1. The average Bonchev–Trinajstić information content (AvgIpc) is 3.45. The maximum atomic E-state index is 13.6. The Bertz CT molecular complexity index is 1090. The summed E-state index contributed by atoms with van der Waals surface area (Å²) in [5.74, 6) is 0.0559. The molecule has 0 fully saturated rings. The van der Waals surface area contributed by atoms with Crippen molar-refractivity contribution in [3.05, 3.63) is 70.6 Å². The van der Waals surface area contributed by atoms with Gasteiger partial charge in [0.1, 0.15) is 17.1 Å². The van der Waals surface area contributed by atoms with Crippen LogP contribution < -0.4 is 10.2 Å². The fourth-order valence-corrected chi connectivity index (χ4v) is 3.81. The number of amides is 1. The summed E-state index contributed by atoms with van der Waals surface area (Å²) in [4.78, 5) is 15.1. The van der Waals surface area contributed by atoms with Crippen LogP contribution in [0.3, 0.4) is 0 Å². The summed E-state index contributed by atoms with van der Waals surface area (Å²) in [6, 6.07) is 6.03. The topological polar surface area (TPSA) is 50.2 Å². The lowest BCUT2D eigenvalue weighted by Gasteiger charge is -2.30. The van der Waals surface area contributed by atoms with Crippen molar-refractivity contribution < 1.29 is 13.6 Å². The van der Waals surface area contributed by atoms with E-state index < -0.39 is 6.43 Å². The molecule has 1 amide bonds. The standard InChI is InChI=1S/C21H18F2N4O/c1-12-4-7-17-14(9-12)3-2-8-26(17)21(28)15-11-24-27-18(19(22)23)10-16(13-5-6-13)25-20(15)27/h4-7,9-11,19,25H,2-3,8H2,1H3. The minimum atomic E-state index is -2.70. The molecule has 1 aromatic heterocycles. The van der Waals surface area contributed by atoms with E-state index in [0.717, 1.165) is 39.9 Å². The number of alkyl halides is 2. The van der Waals surface area contributed by atoms with Gasteiger partial charge in [-0.15, -0.1) is 0 Å². The number of nitrogens with one attached hydrogen (secondary N) is 1. The fraction of sp³-hybridized carbons (Fsp3) is 0.238. The SMILES string of the molecule is Cc1ccc2c(c1)CCCN2C(=O)c1cnn2c1NC(=C1C=C1)C=C2C(F)F. The van der Waals surface area contributed by atoms with E-state index in [2.05, 4.69) is 16.5 Å². The first-order valence-electron chi connectivity index (χ1n) is 9.22. The second-order valence-electron chi connectivity index (χ2n) is 7.21. The Morgan fingerprint density at radius 1 is 1.29 bits per heavy atom. The van der Waals surface area contributed by atoms with Gasteiger partial charge in [0.2, 0.25) is 0 Å². The van der Waals surface area contributed by atoms with Gasteiger partial charge in [-0.1, -0.05) is 29.8 Å². The zero-order valence-corrected chi connectivity index (χ0v) is 15.2. The minimum absolute atomic E-state index is 0.234. The lowest BCUT2D eigenvalue weighted by molar-refractivity contribution is 0.0986. The molecular weight excluding hydrogens is 362 g/mol. The van der Waals surface area contributed by atoms with Crippen LogP contribution >= 0.6 is 0 Å². The minimum Gasteiger partial charge on any atom is -0.339 e. The first-order valence-corrected chi connectivity index (χ1v) is 9.22. The van der Waals surface area contributed by atoms with Crippen molar-refractivity contribution in [2.24, 2.45) is 0 Å². The van der Waals surface area contributed by atoms with Crippen LogP contribution in [0.2, 0.25) is 0 Å². The molecule has 0 unspecified atom stereocenters. The first kappa shape index (κ1) is 16.9. The Morgan fingerprint density at radius 2 is 2.11 bits per heavy atom. The summed E-state index contributed by atoms with van der Waals surface area (Å²) < 4.78 is 28.3. The number of hydrogen-bond acceptors (Lipinski definition) is 3. The lowest BCUT2D eigenvalue weighted by atomic mass is 9.99. The van der Waals surface area contributed by atoms with E-state index in [1.165, 1.54) is 12.3 Å². The average molecular weight is 380 g/mol. The molecule has 0 atom stereocenters. The molecule has 7 heteroatoms. The number of halogens is 2. The van der Waals surface area contributed by atoms with Gasteiger partial charge in [-0.2, -0.15) is 5.10 Å². The second kappa shape index (κ2) is 6.15. The number of carbonyl (C=O) groups excluding carboxylic acids is 1. The monoisotopic (exact) mass is 380 g/mol. The molecule has 0 bridgehead atoms. The zero-order valence-electron chi connectivity index (χ0n) is 15.2. The Labute approximate surface area is 160 Å². The number of aromatic nitrogens is 2. The number of fused-ring (bicyclic) bond motifs is 2. The van der Waals surface area contributed by atoms with Crippen LogP contribution in [0.1, 0.15) is 27.9 Å². The maximum Gasteiger partial charge on any atom is 0.280 e. The largest absolute Gasteiger partial charge is 0.339 e. The highest BCUT2D eigenvalue weighted by Crippen LogP contribution is 2.36. The van der Waals surface area contributed by atoms with Crippen molar-refractivity contribution in [3.8, 4) is 0 Å². The van der Waals surface area contributed by atoms with Crippen molar-refractivity contribution in [1.82, 2.24) is 9.78 Å². The number of hydrogen-bond donors (Lipinski definition) is 1. The fourth-order valence-electron chi connectivity index (χ4n) is 3.81. The van der Waals surface area contributed by atoms with Crippen LogP contribution in [-0.4, -0.2) is 28.7 Å². The number of allylic oxidation sites excluding steroid dienone is 5. The smallest absolute Gasteiger partial charge is 0.280 e. The van der Waals surface area contributed by atoms with Crippen molar-refractivity contribution in [2.75, 3.05) is 16.8 Å². The van der Waals surface area contributed by atoms with E-state index in [9.17, 15) is 13.6 Å². The van der Waals surface area contributed by atoms with Gasteiger partial charge in [-0.25, -0.2) is 13.5 Å². The Hall–Kier alpha value is -3.22. The molecule has 2 aromatic rings. The van der Waals surface area contributed by atoms with Crippen LogP contribution in [0, 0.1) is 6.92 Å². The Morgan fingerprint density at radius 3 is 2.86 bits per heavy atom. The van der Waals surface area contributed by atoms with E-state index in [-0.39, 0.29) is 11.6 Å². The molecule has 5 rings (SSSR count). The quantitative estimate of drug-likeness (QED) is 0.852. The summed E-state index contributed by atoms with van der Waals surface area (Å²) in [7, 11) is 0. The molecule has 2 aliphatic heterocycles. The molecular formula is C21H18F2N4O. The highest BCUT2D eigenvalue weighted by atomic mass is 19.3. The number of rotatable bonds is 2. The van der Waals surface area contributed by atoms with Gasteiger partial charge in [-0.05, 0) is 43.0 Å². The molecule has 0 spiro atoms. The van der Waals surface area contributed by atoms with Gasteiger partial charge >= 0.3 is 0 Å². The molecule has 0 saturated carbocycles. The molecule has 3 heterocycles. The Balaban J connectivity index is 1.56. The molecule has 1 N–H and O–H groups in total. The van der Waals surface area contributed by atoms with E-state index in [1.807, 2.05) is 31.2 Å². The molecule has 0 saturated heterocycles. The summed E-state index contributed by atoms with van der Waals surface area (Å²) in [6.07, 6.45) is 5.50. The van der Waals surface area contributed by atoms with E-state index >= 15 is 0 Å². The van der Waals surface area contributed by atoms with Crippen LogP contribution in [-0.2, 0) is 6.42 Å². The zero-order chi connectivity index (χ0) is 19.4. The van der Waals surface area contributed by atoms with E-state index in [4.69, 9.17) is 0 Å². The first-order chi connectivity index (χ1) is 13.5. The summed E-state index contributed by atoms with van der Waals surface area (Å²) in [5, 5.41) is 7.18. The van der Waals surface area contributed by atoms with Gasteiger partial charge in [0, 0.05) is 17.9 Å². The highest BCUT2D eigenvalue weighted by molar-refractivity contribution is 6.10. The number of aryl methyl sites for hydroxylation is 2. The summed E-state index contributed by atoms with van der Waals surface area (Å²) in [6.45, 7) is 2.62. The number of anilines is 2. The molecule has 3 aliphatic rings. The third-order valence-corrected chi connectivity index (χ3v) is 5.26. The molecule has 1 aliphatic carbocycles. The van der Waals surface area contributed by atoms with Crippen LogP contribution in [0.15, 0.2) is 53.9 Å². The van der Waals surface area contributed by atoms with Crippen LogP contribution in [0.4, 0.5) is 20.3 Å². The summed E-state index contributed by atoms with van der Waals surface area (Å²) in [5.41, 5.74) is 4.63. The van der Waals surface area contributed by atoms with Gasteiger partial charge in [0.05, 0.1) is 6.20 Å². The molecule has 0 radical (unpaired) electrons. The third-order valence-electron chi connectivity index (χ3n) is 5.26. The van der Waals surface area contributed by atoms with Crippen molar-refractivity contribution in [3.63, 3.8) is 0 Å². The van der Waals surface area contributed by atoms with E-state index in [1.54, 1.807) is 4.90 Å². The van der Waals surface area contributed by atoms with E-state index in [0.29, 0.717) is 23.6 Å². The third kappa shape index (κ3) is 2.66. The number of benzene rings is 1. The molecule has 28 heavy (non-hydrogen) atoms. The van der Waals surface area contributed by atoms with Gasteiger partial charge in [-0.3, -0.25) is 4.79 Å². The van der Waals surface area contributed by atoms with Crippen molar-refractivity contribution in [1.29, 1.82) is 0 Å². The van der Waals surface area contributed by atoms with Gasteiger partial charge < -0.3 is 10.2 Å². The molecule has 1 aromatic carbocycles. The van der Waals surface area contributed by atoms with Gasteiger partial charge in [0.15, 0.2) is 0 Å². The molecule has 142 valence electrons. The predicted octanol–water partition coefficient (Wildman–Crippen LogP) is 4.14. The van der Waals surface area contributed by atoms with Crippen LogP contribution in [0.5, 0.6) is 0 Å². The second-order valence-corrected chi connectivity index (χ2v) is 7.21. The lowest BCUT2D eigenvalue weighted by Crippen LogP contribution is -2.36. The van der Waals surface area contributed by atoms with Crippen molar-refractivity contribution >= 4 is 23.1 Å². The number of nitrogens with zero attached hydrogens (tertiary/aromatic N) is 3.